The van der Waals surface area contributed by atoms with Crippen LogP contribution in [0.1, 0.15) is 48.2 Å². The fourth-order valence-corrected chi connectivity index (χ4v) is 2.27. The lowest BCUT2D eigenvalue weighted by molar-refractivity contribution is -0.138. The lowest BCUT2D eigenvalue weighted by Crippen LogP contribution is -2.24. The Morgan fingerprint density at radius 2 is 1.00 bits per heavy atom. The summed E-state index contributed by atoms with van der Waals surface area (Å²) in [4.78, 5) is 40.8. The van der Waals surface area contributed by atoms with Crippen LogP contribution in [0.3, 0.4) is 0 Å². The van der Waals surface area contributed by atoms with Crippen LogP contribution in [-0.4, -0.2) is 46.3 Å². The standard InChI is InChI=1S/C8H3F6NO.C8H6F3NO2.C7H4F3NO/c9-7(10,11)4-1-2-5(15-3-4)6(16)8(12,13)14;1-14-7(13)6-3-2-5(4-12-6)8(9,10)11;8-7(9,10)5-1-2-6(4-12)11-3-5/h1-3H;2-4H,1H3;1-4H. The molecule has 3 aromatic rings. The number of halogens is 12. The van der Waals surface area contributed by atoms with Gasteiger partial charge in [0, 0.05) is 18.6 Å². The molecule has 42 heavy (non-hydrogen) atoms. The first-order valence-electron chi connectivity index (χ1n) is 10.4. The Morgan fingerprint density at radius 3 is 1.26 bits per heavy atom. The summed E-state index contributed by atoms with van der Waals surface area (Å²) < 4.78 is 148. The van der Waals surface area contributed by atoms with Crippen molar-refractivity contribution in [1.82, 2.24) is 15.0 Å². The number of aromatic nitrogens is 3. The van der Waals surface area contributed by atoms with Gasteiger partial charge in [0.1, 0.15) is 17.1 Å². The van der Waals surface area contributed by atoms with Crippen LogP contribution in [0.4, 0.5) is 52.7 Å². The summed E-state index contributed by atoms with van der Waals surface area (Å²) in [5.74, 6) is -3.04. The number of methoxy groups -OCH3 is 1. The number of rotatable bonds is 3. The van der Waals surface area contributed by atoms with Gasteiger partial charge in [-0.2, -0.15) is 52.7 Å². The summed E-state index contributed by atoms with van der Waals surface area (Å²) in [6.45, 7) is 0. The fraction of sp³-hybridized carbons (Fsp3) is 0.217. The summed E-state index contributed by atoms with van der Waals surface area (Å²) in [5, 5.41) is 0. The van der Waals surface area contributed by atoms with Crippen molar-refractivity contribution in [1.29, 1.82) is 0 Å². The van der Waals surface area contributed by atoms with Crippen molar-refractivity contribution in [2.24, 2.45) is 0 Å². The van der Waals surface area contributed by atoms with Crippen LogP contribution in [0.5, 0.6) is 0 Å². The maximum atomic E-state index is 12.0. The Kier molecular flexibility index (Phi) is 11.7. The van der Waals surface area contributed by atoms with Crippen LogP contribution in [0, 0.1) is 0 Å². The molecule has 0 bridgehead atoms. The average molecular weight is 623 g/mol. The quantitative estimate of drug-likeness (QED) is 0.140. The van der Waals surface area contributed by atoms with Crippen molar-refractivity contribution in [3.05, 3.63) is 88.8 Å². The molecule has 0 saturated heterocycles. The zero-order chi connectivity index (χ0) is 32.5. The molecule has 3 rings (SSSR count). The Labute approximate surface area is 226 Å². The van der Waals surface area contributed by atoms with Crippen LogP contribution in [-0.2, 0) is 23.3 Å². The minimum absolute atomic E-state index is 0.0111. The van der Waals surface area contributed by atoms with E-state index in [1.165, 1.54) is 0 Å². The number of nitrogens with zero attached hydrogens (tertiary/aromatic N) is 3. The molecule has 0 aliphatic carbocycles. The Balaban J connectivity index is 0.000000318. The summed E-state index contributed by atoms with van der Waals surface area (Å²) in [6.07, 6.45) is -16.9. The molecule has 0 aliphatic heterocycles. The maximum Gasteiger partial charge on any atom is 0.456 e. The third-order valence-corrected chi connectivity index (χ3v) is 4.30. The number of carbonyl (C=O) groups is 3. The van der Waals surface area contributed by atoms with E-state index in [1.807, 2.05) is 0 Å². The summed E-state index contributed by atoms with van der Waals surface area (Å²) in [7, 11) is 1.13. The molecule has 0 amide bonds. The number of esters is 1. The van der Waals surface area contributed by atoms with Gasteiger partial charge in [0.05, 0.1) is 23.8 Å². The lowest BCUT2D eigenvalue weighted by atomic mass is 10.2. The molecule has 0 spiro atoms. The number of hydrogen-bond acceptors (Lipinski definition) is 7. The first kappa shape index (κ1) is 35.4. The molecule has 0 aromatic carbocycles. The number of ether oxygens (including phenoxy) is 1. The SMILES string of the molecule is COC(=O)c1ccc(C(F)(F)F)cn1.O=C(c1ccc(C(F)(F)F)cn1)C(F)(F)F.O=Cc1ccc(C(F)(F)F)cn1. The molecule has 7 nitrogen and oxygen atoms in total. The van der Waals surface area contributed by atoms with E-state index in [0.717, 1.165) is 31.4 Å². The maximum absolute atomic E-state index is 12.0. The fourth-order valence-electron chi connectivity index (χ4n) is 2.27. The number of carbonyl (C=O) groups excluding carboxylic acids is 3. The number of hydrogen-bond donors (Lipinski definition) is 0. The van der Waals surface area contributed by atoms with Gasteiger partial charge >= 0.3 is 30.7 Å². The monoisotopic (exact) mass is 623 g/mol. The summed E-state index contributed by atoms with van der Waals surface area (Å²) in [6, 6.07) is 4.34. The van der Waals surface area contributed by atoms with Crippen LogP contribution in [0.2, 0.25) is 0 Å². The molecule has 0 N–H and O–H groups in total. The molecule has 0 radical (unpaired) electrons. The minimum Gasteiger partial charge on any atom is -0.464 e. The van der Waals surface area contributed by atoms with E-state index in [4.69, 9.17) is 0 Å². The number of Topliss-reactive ketones (excluding diaryl/α,β-unsaturated/α-hetero) is 1. The van der Waals surface area contributed by atoms with Crippen molar-refractivity contribution < 1.29 is 71.8 Å². The first-order valence-corrected chi connectivity index (χ1v) is 10.4. The zero-order valence-corrected chi connectivity index (χ0v) is 20.3. The molecule has 0 atom stereocenters. The molecule has 0 unspecified atom stereocenters. The van der Waals surface area contributed by atoms with Gasteiger partial charge in [-0.25, -0.2) is 9.78 Å². The van der Waals surface area contributed by atoms with Crippen LogP contribution >= 0.6 is 0 Å². The van der Waals surface area contributed by atoms with Crippen LogP contribution in [0.15, 0.2) is 55.0 Å². The topological polar surface area (TPSA) is 99.1 Å². The van der Waals surface area contributed by atoms with Gasteiger partial charge in [0.25, 0.3) is 5.78 Å². The number of pyridine rings is 3. The van der Waals surface area contributed by atoms with Gasteiger partial charge in [-0.05, 0) is 36.4 Å². The summed E-state index contributed by atoms with van der Waals surface area (Å²) >= 11 is 0. The number of ketones is 1. The molecular weight excluding hydrogens is 610 g/mol. The van der Waals surface area contributed by atoms with E-state index in [-0.39, 0.29) is 17.6 Å². The highest BCUT2D eigenvalue weighted by Crippen LogP contribution is 2.30. The first-order chi connectivity index (χ1) is 19.1. The molecule has 3 aromatic heterocycles. The van der Waals surface area contributed by atoms with E-state index < -0.39 is 58.8 Å². The van der Waals surface area contributed by atoms with Crippen LogP contribution < -0.4 is 0 Å². The highest BCUT2D eigenvalue weighted by molar-refractivity contribution is 5.98. The molecule has 19 heteroatoms. The molecule has 0 aliphatic rings. The Morgan fingerprint density at radius 1 is 0.619 bits per heavy atom. The normalized spacial score (nSPS) is 11.7. The van der Waals surface area contributed by atoms with Gasteiger partial charge < -0.3 is 4.74 Å². The van der Waals surface area contributed by atoms with Gasteiger partial charge in [0.15, 0.2) is 6.29 Å². The van der Waals surface area contributed by atoms with Crippen LogP contribution in [0.25, 0.3) is 0 Å². The highest BCUT2D eigenvalue weighted by atomic mass is 19.4. The van der Waals surface area contributed by atoms with Crippen molar-refractivity contribution in [2.45, 2.75) is 24.7 Å². The van der Waals surface area contributed by atoms with Crippen molar-refractivity contribution in [3.8, 4) is 0 Å². The Bertz CT molecular complexity index is 1330. The Hall–Kier alpha value is -4.58. The largest absolute Gasteiger partial charge is 0.464 e. The predicted molar refractivity (Wildman–Crippen MR) is 115 cm³/mol. The van der Waals surface area contributed by atoms with E-state index >= 15 is 0 Å². The smallest absolute Gasteiger partial charge is 0.456 e. The third-order valence-electron chi connectivity index (χ3n) is 4.30. The molecule has 0 fully saturated rings. The van der Waals surface area contributed by atoms with Gasteiger partial charge in [-0.15, -0.1) is 0 Å². The second-order valence-corrected chi connectivity index (χ2v) is 7.27. The zero-order valence-electron chi connectivity index (χ0n) is 20.3. The highest BCUT2D eigenvalue weighted by Gasteiger charge is 2.41. The molecular formula is C23H13F12N3O4. The molecule has 3 heterocycles. The average Bonchev–Trinajstić information content (AvgIpc) is 2.91. The van der Waals surface area contributed by atoms with Gasteiger partial charge in [0.2, 0.25) is 0 Å². The second kappa shape index (κ2) is 13.9. The number of aldehydes is 1. The van der Waals surface area contributed by atoms with E-state index in [1.54, 1.807) is 0 Å². The summed E-state index contributed by atoms with van der Waals surface area (Å²) in [5.41, 5.74) is -4.20. The second-order valence-electron chi connectivity index (χ2n) is 7.27. The molecule has 0 saturated carbocycles. The van der Waals surface area contributed by atoms with Gasteiger partial charge in [-0.3, -0.25) is 19.6 Å². The van der Waals surface area contributed by atoms with Crippen molar-refractivity contribution in [3.63, 3.8) is 0 Å². The van der Waals surface area contributed by atoms with Crippen molar-refractivity contribution in [2.75, 3.05) is 7.11 Å². The minimum atomic E-state index is -5.15. The van der Waals surface area contributed by atoms with E-state index in [2.05, 4.69) is 19.7 Å². The predicted octanol–water partition coefficient (Wildman–Crippen LogP) is 6.65. The van der Waals surface area contributed by atoms with Gasteiger partial charge in [-0.1, -0.05) is 0 Å². The molecule has 228 valence electrons. The van der Waals surface area contributed by atoms with E-state index in [9.17, 15) is 67.1 Å². The lowest BCUT2D eigenvalue weighted by Gasteiger charge is -2.07. The van der Waals surface area contributed by atoms with E-state index in [0.29, 0.717) is 30.8 Å². The number of alkyl halides is 12. The third kappa shape index (κ3) is 11.1. The van der Waals surface area contributed by atoms with Crippen molar-refractivity contribution >= 4 is 18.0 Å².